The zero-order valence-electron chi connectivity index (χ0n) is 19.3. The quantitative estimate of drug-likeness (QED) is 0.252. The number of rotatable bonds is 4. The summed E-state index contributed by atoms with van der Waals surface area (Å²) >= 11 is 1.84. The molecule has 2 heterocycles. The maximum atomic E-state index is 6.15. The smallest absolute Gasteiger partial charge is 0.248 e. The summed E-state index contributed by atoms with van der Waals surface area (Å²) in [7, 11) is 0. The van der Waals surface area contributed by atoms with Crippen molar-refractivity contribution < 1.29 is 4.42 Å². The van der Waals surface area contributed by atoms with E-state index < -0.39 is 0 Å². The van der Waals surface area contributed by atoms with Crippen LogP contribution < -0.4 is 0 Å². The molecule has 0 amide bonds. The SMILES string of the molecule is c1ccc(-c2ccccc2-c2nnc(-c3ccc(-c4cccc5c4sc4ccccc45)cc3)o2)cc1. The predicted molar refractivity (Wildman–Crippen MR) is 149 cm³/mol. The van der Waals surface area contributed by atoms with Gasteiger partial charge in [0.1, 0.15) is 0 Å². The van der Waals surface area contributed by atoms with E-state index in [-0.39, 0.29) is 0 Å². The van der Waals surface area contributed by atoms with Crippen molar-refractivity contribution in [3.8, 4) is 45.2 Å². The molecule has 4 heteroatoms. The lowest BCUT2D eigenvalue weighted by molar-refractivity contribution is 0.585. The highest BCUT2D eigenvalue weighted by molar-refractivity contribution is 7.26. The molecule has 0 spiro atoms. The minimum atomic E-state index is 0.513. The number of thiophene rings is 1. The van der Waals surface area contributed by atoms with Gasteiger partial charge >= 0.3 is 0 Å². The Hall–Kier alpha value is -4.54. The molecule has 7 aromatic rings. The summed E-state index contributed by atoms with van der Waals surface area (Å²) in [5, 5.41) is 11.4. The molecule has 2 aromatic heterocycles. The average molecular weight is 481 g/mol. The largest absolute Gasteiger partial charge is 0.416 e. The molecule has 0 aliphatic heterocycles. The summed E-state index contributed by atoms with van der Waals surface area (Å²) in [4.78, 5) is 0. The number of hydrogen-bond donors (Lipinski definition) is 0. The van der Waals surface area contributed by atoms with Gasteiger partial charge in [-0.15, -0.1) is 21.5 Å². The Kier molecular flexibility index (Phi) is 4.97. The Balaban J connectivity index is 1.24. The Morgan fingerprint density at radius 2 is 1.06 bits per heavy atom. The van der Waals surface area contributed by atoms with Gasteiger partial charge < -0.3 is 4.42 Å². The fraction of sp³-hybridized carbons (Fsp3) is 0. The summed E-state index contributed by atoms with van der Waals surface area (Å²) < 4.78 is 8.77. The average Bonchev–Trinajstić information content (AvgIpc) is 3.59. The summed E-state index contributed by atoms with van der Waals surface area (Å²) in [6.07, 6.45) is 0. The van der Waals surface area contributed by atoms with Crippen LogP contribution in [-0.4, -0.2) is 10.2 Å². The standard InChI is InChI=1S/C32H20N2OS/c1-2-9-21(10-3-1)24-11-4-5-13-28(24)32-34-33-31(35-32)23-19-17-22(18-20-23)25-14-8-15-27-26-12-6-7-16-29(26)36-30(25)27/h1-20H. The van der Waals surface area contributed by atoms with E-state index >= 15 is 0 Å². The van der Waals surface area contributed by atoms with Crippen molar-refractivity contribution in [1.82, 2.24) is 10.2 Å². The van der Waals surface area contributed by atoms with Crippen LogP contribution in [0.1, 0.15) is 0 Å². The minimum Gasteiger partial charge on any atom is -0.416 e. The third kappa shape index (κ3) is 3.51. The van der Waals surface area contributed by atoms with E-state index in [1.54, 1.807) is 0 Å². The maximum absolute atomic E-state index is 6.15. The summed E-state index contributed by atoms with van der Waals surface area (Å²) in [5.41, 5.74) is 6.43. The van der Waals surface area contributed by atoms with Crippen molar-refractivity contribution in [1.29, 1.82) is 0 Å². The first-order chi connectivity index (χ1) is 17.8. The fourth-order valence-electron chi connectivity index (χ4n) is 4.75. The molecule has 7 rings (SSSR count). The van der Waals surface area contributed by atoms with Gasteiger partial charge in [-0.05, 0) is 46.5 Å². The molecule has 0 atom stereocenters. The Bertz CT molecular complexity index is 1830. The maximum Gasteiger partial charge on any atom is 0.248 e. The van der Waals surface area contributed by atoms with Crippen molar-refractivity contribution in [3.63, 3.8) is 0 Å². The van der Waals surface area contributed by atoms with Gasteiger partial charge in [-0.3, -0.25) is 0 Å². The Morgan fingerprint density at radius 3 is 1.92 bits per heavy atom. The van der Waals surface area contributed by atoms with Crippen LogP contribution in [0.15, 0.2) is 126 Å². The van der Waals surface area contributed by atoms with E-state index in [9.17, 15) is 0 Å². The van der Waals surface area contributed by atoms with Crippen LogP contribution in [0, 0.1) is 0 Å². The molecule has 0 saturated carbocycles. The minimum absolute atomic E-state index is 0.513. The Morgan fingerprint density at radius 1 is 0.444 bits per heavy atom. The van der Waals surface area contributed by atoms with Crippen molar-refractivity contribution >= 4 is 31.5 Å². The molecule has 0 bridgehead atoms. The van der Waals surface area contributed by atoms with Gasteiger partial charge in [0.15, 0.2) is 0 Å². The molecule has 0 aliphatic rings. The van der Waals surface area contributed by atoms with E-state index in [1.807, 2.05) is 47.7 Å². The van der Waals surface area contributed by atoms with Crippen LogP contribution in [0.3, 0.4) is 0 Å². The molecular weight excluding hydrogens is 460 g/mol. The number of benzene rings is 5. The van der Waals surface area contributed by atoms with Gasteiger partial charge in [-0.2, -0.15) is 0 Å². The summed E-state index contributed by atoms with van der Waals surface area (Å²) in [5.74, 6) is 1.03. The molecule has 0 unspecified atom stereocenters. The fourth-order valence-corrected chi connectivity index (χ4v) is 5.99. The second-order valence-corrected chi connectivity index (χ2v) is 9.73. The van der Waals surface area contributed by atoms with Crippen LogP contribution in [-0.2, 0) is 0 Å². The van der Waals surface area contributed by atoms with Crippen molar-refractivity contribution in [2.45, 2.75) is 0 Å². The topological polar surface area (TPSA) is 38.9 Å². The number of aromatic nitrogens is 2. The van der Waals surface area contributed by atoms with Gasteiger partial charge in [-0.1, -0.05) is 97.1 Å². The zero-order valence-corrected chi connectivity index (χ0v) is 20.1. The van der Waals surface area contributed by atoms with Crippen LogP contribution in [0.25, 0.3) is 65.3 Å². The van der Waals surface area contributed by atoms with Crippen LogP contribution in [0.4, 0.5) is 0 Å². The molecule has 170 valence electrons. The van der Waals surface area contributed by atoms with Gasteiger partial charge in [0, 0.05) is 31.3 Å². The third-order valence-corrected chi connectivity index (χ3v) is 7.73. The summed E-state index contributed by atoms with van der Waals surface area (Å²) in [6.45, 7) is 0. The normalized spacial score (nSPS) is 11.3. The number of fused-ring (bicyclic) bond motifs is 3. The Labute approximate surface area is 212 Å². The van der Waals surface area contributed by atoms with Crippen molar-refractivity contribution in [2.75, 3.05) is 0 Å². The van der Waals surface area contributed by atoms with Crippen LogP contribution in [0.2, 0.25) is 0 Å². The predicted octanol–water partition coefficient (Wildman–Crippen LogP) is 9.11. The lowest BCUT2D eigenvalue weighted by atomic mass is 10.00. The van der Waals surface area contributed by atoms with E-state index in [4.69, 9.17) is 4.42 Å². The molecular formula is C32H20N2OS. The lowest BCUT2D eigenvalue weighted by Gasteiger charge is -2.06. The highest BCUT2D eigenvalue weighted by Crippen LogP contribution is 2.40. The molecule has 0 saturated heterocycles. The lowest BCUT2D eigenvalue weighted by Crippen LogP contribution is -1.84. The third-order valence-electron chi connectivity index (χ3n) is 6.51. The van der Waals surface area contributed by atoms with Gasteiger partial charge in [0.2, 0.25) is 11.8 Å². The second kappa shape index (κ2) is 8.59. The van der Waals surface area contributed by atoms with Gasteiger partial charge in [0.05, 0.1) is 0 Å². The zero-order chi connectivity index (χ0) is 23.9. The number of nitrogens with zero attached hydrogens (tertiary/aromatic N) is 2. The van der Waals surface area contributed by atoms with Crippen LogP contribution >= 0.6 is 11.3 Å². The second-order valence-electron chi connectivity index (χ2n) is 8.68. The monoisotopic (exact) mass is 480 g/mol. The van der Waals surface area contributed by atoms with Crippen molar-refractivity contribution in [2.24, 2.45) is 0 Å². The molecule has 0 fully saturated rings. The summed E-state index contributed by atoms with van der Waals surface area (Å²) in [6, 6.07) is 41.9. The van der Waals surface area contributed by atoms with Crippen molar-refractivity contribution in [3.05, 3.63) is 121 Å². The van der Waals surface area contributed by atoms with E-state index in [2.05, 4.69) is 95.1 Å². The van der Waals surface area contributed by atoms with Gasteiger partial charge in [0.25, 0.3) is 0 Å². The first kappa shape index (κ1) is 20.8. The molecule has 36 heavy (non-hydrogen) atoms. The molecule has 5 aromatic carbocycles. The highest BCUT2D eigenvalue weighted by atomic mass is 32.1. The first-order valence-corrected chi connectivity index (χ1v) is 12.7. The number of hydrogen-bond acceptors (Lipinski definition) is 4. The highest BCUT2D eigenvalue weighted by Gasteiger charge is 2.15. The first-order valence-electron chi connectivity index (χ1n) is 11.8. The molecule has 0 aliphatic carbocycles. The van der Waals surface area contributed by atoms with Gasteiger partial charge in [-0.25, -0.2) is 0 Å². The molecule has 0 N–H and O–H groups in total. The van der Waals surface area contributed by atoms with Crippen LogP contribution in [0.5, 0.6) is 0 Å². The van der Waals surface area contributed by atoms with E-state index in [0.717, 1.165) is 22.3 Å². The van der Waals surface area contributed by atoms with E-state index in [1.165, 1.54) is 31.3 Å². The molecule has 3 nitrogen and oxygen atoms in total. The molecule has 0 radical (unpaired) electrons. The van der Waals surface area contributed by atoms with E-state index in [0.29, 0.717) is 11.8 Å².